The Morgan fingerprint density at radius 2 is 1.97 bits per heavy atom. The van der Waals surface area contributed by atoms with Gasteiger partial charge >= 0.3 is 0 Å². The van der Waals surface area contributed by atoms with Gasteiger partial charge in [0.05, 0.1) is 17.6 Å². The average Bonchev–Trinajstić information content (AvgIpc) is 3.15. The lowest BCUT2D eigenvalue weighted by Gasteiger charge is -2.33. The SMILES string of the molecule is Cc1ccc(C)c(OCC(=O)NCc2nc3ccccc3n2CC(=O)N2CCCCC2C)c1. The Labute approximate surface area is 194 Å². The number of aryl methyl sites for hydroxylation is 2. The zero-order chi connectivity index (χ0) is 23.4. The molecule has 174 valence electrons. The van der Waals surface area contributed by atoms with E-state index in [9.17, 15) is 9.59 Å². The molecular weight excluding hydrogens is 416 g/mol. The van der Waals surface area contributed by atoms with E-state index in [0.29, 0.717) is 11.6 Å². The standard InChI is InChI=1S/C26H32N4O3/c1-18-11-12-19(2)23(14-18)33-17-25(31)27-15-24-28-21-9-4-5-10-22(21)30(24)16-26(32)29-13-7-6-8-20(29)3/h4-5,9-12,14,20H,6-8,13,15-17H2,1-3H3,(H,27,31). The highest BCUT2D eigenvalue weighted by Gasteiger charge is 2.24. The van der Waals surface area contributed by atoms with Crippen LogP contribution in [0.2, 0.25) is 0 Å². The summed E-state index contributed by atoms with van der Waals surface area (Å²) < 4.78 is 7.63. The molecule has 1 atom stereocenters. The summed E-state index contributed by atoms with van der Waals surface area (Å²) >= 11 is 0. The molecule has 2 amide bonds. The van der Waals surface area contributed by atoms with Gasteiger partial charge in [-0.15, -0.1) is 0 Å². The number of hydrogen-bond donors (Lipinski definition) is 1. The van der Waals surface area contributed by atoms with E-state index in [2.05, 4.69) is 17.2 Å². The molecule has 0 bridgehead atoms. The minimum absolute atomic E-state index is 0.0747. The monoisotopic (exact) mass is 448 g/mol. The number of rotatable bonds is 7. The third-order valence-corrected chi connectivity index (χ3v) is 6.30. The van der Waals surface area contributed by atoms with Gasteiger partial charge in [-0.25, -0.2) is 4.98 Å². The molecule has 7 nitrogen and oxygen atoms in total. The van der Waals surface area contributed by atoms with Crippen LogP contribution < -0.4 is 10.1 Å². The van der Waals surface area contributed by atoms with Crippen molar-refractivity contribution < 1.29 is 14.3 Å². The first-order valence-corrected chi connectivity index (χ1v) is 11.6. The van der Waals surface area contributed by atoms with E-state index in [-0.39, 0.29) is 37.6 Å². The Balaban J connectivity index is 1.44. The summed E-state index contributed by atoms with van der Waals surface area (Å²) in [6, 6.07) is 13.9. The number of ether oxygens (including phenoxy) is 1. The van der Waals surface area contributed by atoms with Crippen molar-refractivity contribution in [2.75, 3.05) is 13.2 Å². The van der Waals surface area contributed by atoms with Crippen LogP contribution in [0.3, 0.4) is 0 Å². The van der Waals surface area contributed by atoms with Gasteiger partial charge < -0.3 is 19.5 Å². The fourth-order valence-corrected chi connectivity index (χ4v) is 4.37. The van der Waals surface area contributed by atoms with Crippen LogP contribution in [0.15, 0.2) is 42.5 Å². The lowest BCUT2D eigenvalue weighted by molar-refractivity contribution is -0.135. The molecule has 2 heterocycles. The van der Waals surface area contributed by atoms with Crippen molar-refractivity contribution in [1.29, 1.82) is 0 Å². The van der Waals surface area contributed by atoms with E-state index in [4.69, 9.17) is 4.74 Å². The number of aromatic nitrogens is 2. The highest BCUT2D eigenvalue weighted by molar-refractivity contribution is 5.82. The molecule has 1 aliphatic heterocycles. The molecular formula is C26H32N4O3. The second-order valence-electron chi connectivity index (χ2n) is 8.87. The van der Waals surface area contributed by atoms with Gasteiger partial charge in [0, 0.05) is 12.6 Å². The maximum atomic E-state index is 13.1. The summed E-state index contributed by atoms with van der Waals surface area (Å²) in [5.74, 6) is 1.23. The largest absolute Gasteiger partial charge is 0.483 e. The van der Waals surface area contributed by atoms with Crippen LogP contribution in [0.4, 0.5) is 0 Å². The van der Waals surface area contributed by atoms with E-state index in [1.165, 1.54) is 6.42 Å². The number of likely N-dealkylation sites (tertiary alicyclic amines) is 1. The van der Waals surface area contributed by atoms with Crippen molar-refractivity contribution in [3.05, 3.63) is 59.4 Å². The normalized spacial score (nSPS) is 16.1. The maximum Gasteiger partial charge on any atom is 0.258 e. The summed E-state index contributed by atoms with van der Waals surface area (Å²) in [4.78, 5) is 32.2. The molecule has 2 aromatic carbocycles. The van der Waals surface area contributed by atoms with Gasteiger partial charge in [0.1, 0.15) is 18.1 Å². The molecule has 1 aliphatic rings. The quantitative estimate of drug-likeness (QED) is 0.597. The molecule has 4 rings (SSSR count). The molecule has 7 heteroatoms. The highest BCUT2D eigenvalue weighted by Crippen LogP contribution is 2.21. The Morgan fingerprint density at radius 1 is 1.15 bits per heavy atom. The molecule has 1 saturated heterocycles. The van der Waals surface area contributed by atoms with Crippen molar-refractivity contribution in [2.45, 2.75) is 59.2 Å². The van der Waals surface area contributed by atoms with Gasteiger partial charge in [0.15, 0.2) is 6.61 Å². The molecule has 0 aliphatic carbocycles. The van der Waals surface area contributed by atoms with Gasteiger partial charge in [0.25, 0.3) is 5.91 Å². The van der Waals surface area contributed by atoms with E-state index in [1.54, 1.807) is 0 Å². The number of fused-ring (bicyclic) bond motifs is 1. The third kappa shape index (κ3) is 5.35. The summed E-state index contributed by atoms with van der Waals surface area (Å²) in [7, 11) is 0. The number of nitrogens with one attached hydrogen (secondary N) is 1. The summed E-state index contributed by atoms with van der Waals surface area (Å²) in [5, 5.41) is 2.89. The number of amides is 2. The molecule has 0 saturated carbocycles. The zero-order valence-electron chi connectivity index (χ0n) is 19.6. The van der Waals surface area contributed by atoms with E-state index in [0.717, 1.165) is 41.5 Å². The molecule has 1 fully saturated rings. The summed E-state index contributed by atoms with van der Waals surface area (Å²) in [6.45, 7) is 7.23. The fourth-order valence-electron chi connectivity index (χ4n) is 4.37. The van der Waals surface area contributed by atoms with E-state index in [1.807, 2.05) is 65.8 Å². The van der Waals surface area contributed by atoms with Crippen LogP contribution in [-0.4, -0.2) is 45.5 Å². The van der Waals surface area contributed by atoms with Crippen LogP contribution in [0.25, 0.3) is 11.0 Å². The van der Waals surface area contributed by atoms with Crippen LogP contribution in [0, 0.1) is 13.8 Å². The molecule has 0 radical (unpaired) electrons. The average molecular weight is 449 g/mol. The number of piperidine rings is 1. The predicted molar refractivity (Wildman–Crippen MR) is 128 cm³/mol. The van der Waals surface area contributed by atoms with Crippen molar-refractivity contribution in [3.63, 3.8) is 0 Å². The van der Waals surface area contributed by atoms with Gasteiger partial charge in [-0.3, -0.25) is 9.59 Å². The van der Waals surface area contributed by atoms with Crippen LogP contribution in [0.5, 0.6) is 5.75 Å². The first-order valence-electron chi connectivity index (χ1n) is 11.6. The van der Waals surface area contributed by atoms with Crippen molar-refractivity contribution in [3.8, 4) is 5.75 Å². The lowest BCUT2D eigenvalue weighted by Crippen LogP contribution is -2.43. The van der Waals surface area contributed by atoms with Crippen molar-refractivity contribution in [1.82, 2.24) is 19.8 Å². The lowest BCUT2D eigenvalue weighted by atomic mass is 10.0. The fraction of sp³-hybridized carbons (Fsp3) is 0.423. The van der Waals surface area contributed by atoms with Gasteiger partial charge in [0.2, 0.25) is 5.91 Å². The topological polar surface area (TPSA) is 76.5 Å². The van der Waals surface area contributed by atoms with Gasteiger partial charge in [-0.05, 0) is 69.4 Å². The summed E-state index contributed by atoms with van der Waals surface area (Å²) in [5.41, 5.74) is 3.78. The van der Waals surface area contributed by atoms with E-state index < -0.39 is 0 Å². The minimum Gasteiger partial charge on any atom is -0.483 e. The van der Waals surface area contributed by atoms with Crippen LogP contribution >= 0.6 is 0 Å². The van der Waals surface area contributed by atoms with Crippen LogP contribution in [0.1, 0.15) is 43.1 Å². The molecule has 0 spiro atoms. The van der Waals surface area contributed by atoms with E-state index >= 15 is 0 Å². The number of imidazole rings is 1. The van der Waals surface area contributed by atoms with Gasteiger partial charge in [-0.2, -0.15) is 0 Å². The second-order valence-corrected chi connectivity index (χ2v) is 8.87. The minimum atomic E-state index is -0.231. The predicted octanol–water partition coefficient (Wildman–Crippen LogP) is 3.75. The number of para-hydroxylation sites is 2. The molecule has 1 unspecified atom stereocenters. The Hall–Kier alpha value is -3.35. The van der Waals surface area contributed by atoms with Crippen molar-refractivity contribution in [2.24, 2.45) is 0 Å². The Morgan fingerprint density at radius 3 is 2.79 bits per heavy atom. The smallest absolute Gasteiger partial charge is 0.258 e. The highest BCUT2D eigenvalue weighted by atomic mass is 16.5. The number of carbonyl (C=O) groups excluding carboxylic acids is 2. The van der Waals surface area contributed by atoms with Crippen molar-refractivity contribution >= 4 is 22.8 Å². The zero-order valence-corrected chi connectivity index (χ0v) is 19.6. The molecule has 33 heavy (non-hydrogen) atoms. The van der Waals surface area contributed by atoms with Gasteiger partial charge in [-0.1, -0.05) is 24.3 Å². The Kier molecular flexibility index (Phi) is 6.96. The second kappa shape index (κ2) is 10.1. The number of benzene rings is 2. The summed E-state index contributed by atoms with van der Waals surface area (Å²) in [6.07, 6.45) is 3.25. The van der Waals surface area contributed by atoms with Crippen LogP contribution in [-0.2, 0) is 22.7 Å². The number of nitrogens with zero attached hydrogens (tertiary/aromatic N) is 3. The first kappa shape index (κ1) is 22.8. The number of carbonyl (C=O) groups is 2. The molecule has 3 aromatic rings. The third-order valence-electron chi connectivity index (χ3n) is 6.30. The number of hydrogen-bond acceptors (Lipinski definition) is 4. The molecule has 1 aromatic heterocycles. The maximum absolute atomic E-state index is 13.1. The molecule has 1 N–H and O–H groups in total. The first-order chi connectivity index (χ1) is 15.9. The Bertz CT molecular complexity index is 1150.